The van der Waals surface area contributed by atoms with Crippen molar-refractivity contribution in [3.63, 3.8) is 0 Å². The average Bonchev–Trinajstić information content (AvgIpc) is 3.52. The van der Waals surface area contributed by atoms with Crippen molar-refractivity contribution >= 4 is 23.6 Å². The van der Waals surface area contributed by atoms with Gasteiger partial charge in [-0.1, -0.05) is 24.3 Å². The standard InChI is InChI=1S/C26H38N2O4S/c1-3-31-26(32-4-2)23-17-33-18-28(23)25(30)22-10-7-15-27(22)24(29)14-12-19-11-13-20-8-5-6-9-21(20)16-19/h5-6,8-9,19,22-23,26H,3-4,7,10-18H2,1-2H3/t19-,22-,23-/m0/s1. The van der Waals surface area contributed by atoms with Gasteiger partial charge in [-0.05, 0) is 69.4 Å². The van der Waals surface area contributed by atoms with Crippen LogP contribution in [0.4, 0.5) is 0 Å². The number of likely N-dealkylation sites (tertiary alicyclic amines) is 1. The Kier molecular flexibility index (Phi) is 8.72. The minimum atomic E-state index is -0.404. The first-order valence-electron chi connectivity index (χ1n) is 12.6. The van der Waals surface area contributed by atoms with Crippen LogP contribution in [0.15, 0.2) is 24.3 Å². The molecule has 2 aliphatic heterocycles. The Labute approximate surface area is 202 Å². The van der Waals surface area contributed by atoms with Gasteiger partial charge in [0.25, 0.3) is 0 Å². The molecule has 0 aromatic heterocycles. The summed E-state index contributed by atoms with van der Waals surface area (Å²) in [6.45, 7) is 5.68. The fourth-order valence-corrected chi connectivity index (χ4v) is 6.71. The highest BCUT2D eigenvalue weighted by molar-refractivity contribution is 7.99. The Morgan fingerprint density at radius 1 is 1.09 bits per heavy atom. The van der Waals surface area contributed by atoms with E-state index in [4.69, 9.17) is 9.47 Å². The molecule has 1 aromatic carbocycles. The van der Waals surface area contributed by atoms with Gasteiger partial charge in [-0.25, -0.2) is 0 Å². The Bertz CT molecular complexity index is 813. The maximum absolute atomic E-state index is 13.5. The van der Waals surface area contributed by atoms with Crippen LogP contribution in [0, 0.1) is 5.92 Å². The first-order valence-corrected chi connectivity index (χ1v) is 13.8. The van der Waals surface area contributed by atoms with E-state index in [0.717, 1.165) is 44.3 Å². The molecule has 0 bridgehead atoms. The van der Waals surface area contributed by atoms with Gasteiger partial charge < -0.3 is 19.3 Å². The van der Waals surface area contributed by atoms with Gasteiger partial charge in [0, 0.05) is 31.9 Å². The van der Waals surface area contributed by atoms with Gasteiger partial charge in [0.15, 0.2) is 6.29 Å². The first kappa shape index (κ1) is 24.6. The van der Waals surface area contributed by atoms with Crippen LogP contribution in [0.25, 0.3) is 0 Å². The van der Waals surface area contributed by atoms with E-state index in [1.54, 1.807) is 11.8 Å². The Morgan fingerprint density at radius 3 is 2.61 bits per heavy atom. The van der Waals surface area contributed by atoms with E-state index in [0.29, 0.717) is 38.0 Å². The number of benzene rings is 1. The van der Waals surface area contributed by atoms with E-state index in [-0.39, 0.29) is 23.9 Å². The van der Waals surface area contributed by atoms with E-state index in [1.807, 2.05) is 23.6 Å². The quantitative estimate of drug-likeness (QED) is 0.509. The lowest BCUT2D eigenvalue weighted by Gasteiger charge is -2.34. The smallest absolute Gasteiger partial charge is 0.246 e. The van der Waals surface area contributed by atoms with Crippen molar-refractivity contribution in [1.82, 2.24) is 9.80 Å². The van der Waals surface area contributed by atoms with E-state index < -0.39 is 6.29 Å². The van der Waals surface area contributed by atoms with E-state index in [9.17, 15) is 9.59 Å². The number of hydrogen-bond donors (Lipinski definition) is 0. The van der Waals surface area contributed by atoms with Crippen LogP contribution in [0.1, 0.15) is 57.1 Å². The summed E-state index contributed by atoms with van der Waals surface area (Å²) in [5.74, 6) is 2.20. The summed E-state index contributed by atoms with van der Waals surface area (Å²) < 4.78 is 11.6. The van der Waals surface area contributed by atoms with Gasteiger partial charge in [-0.3, -0.25) is 9.59 Å². The zero-order valence-corrected chi connectivity index (χ0v) is 20.9. The second-order valence-corrected chi connectivity index (χ2v) is 10.3. The third-order valence-electron chi connectivity index (χ3n) is 7.25. The number of nitrogens with zero attached hydrogens (tertiary/aromatic N) is 2. The Balaban J connectivity index is 1.34. The molecule has 0 spiro atoms. The van der Waals surface area contributed by atoms with Crippen LogP contribution in [0.3, 0.4) is 0 Å². The molecule has 3 atom stereocenters. The van der Waals surface area contributed by atoms with Crippen LogP contribution < -0.4 is 0 Å². The van der Waals surface area contributed by atoms with Crippen molar-refractivity contribution < 1.29 is 19.1 Å². The molecule has 2 saturated heterocycles. The molecule has 4 rings (SSSR count). The summed E-state index contributed by atoms with van der Waals surface area (Å²) >= 11 is 1.73. The number of carbonyl (C=O) groups excluding carboxylic acids is 2. The van der Waals surface area contributed by atoms with Crippen molar-refractivity contribution in [3.8, 4) is 0 Å². The maximum Gasteiger partial charge on any atom is 0.246 e. The minimum absolute atomic E-state index is 0.0619. The second-order valence-electron chi connectivity index (χ2n) is 9.32. The van der Waals surface area contributed by atoms with Gasteiger partial charge in [-0.2, -0.15) is 0 Å². The number of amides is 2. The van der Waals surface area contributed by atoms with E-state index in [1.165, 1.54) is 11.1 Å². The molecule has 3 aliphatic rings. The van der Waals surface area contributed by atoms with Gasteiger partial charge >= 0.3 is 0 Å². The van der Waals surface area contributed by atoms with Crippen LogP contribution in [0.5, 0.6) is 0 Å². The van der Waals surface area contributed by atoms with Gasteiger partial charge in [0.2, 0.25) is 11.8 Å². The number of ether oxygens (including phenoxy) is 2. The normalized spacial score (nSPS) is 25.0. The molecule has 1 aliphatic carbocycles. The number of rotatable bonds is 9. The summed E-state index contributed by atoms with van der Waals surface area (Å²) in [6.07, 6.45) is 6.00. The van der Waals surface area contributed by atoms with E-state index in [2.05, 4.69) is 24.3 Å². The van der Waals surface area contributed by atoms with Crippen LogP contribution in [0.2, 0.25) is 0 Å². The molecule has 6 nitrogen and oxygen atoms in total. The SMILES string of the molecule is CCOC(OCC)[C@@H]1CSCN1C(=O)[C@@H]1CCCN1C(=O)CC[C@@H]1CCc2ccccc2C1. The number of carbonyl (C=O) groups is 2. The number of hydrogen-bond acceptors (Lipinski definition) is 5. The van der Waals surface area contributed by atoms with Crippen LogP contribution in [-0.2, 0) is 31.9 Å². The monoisotopic (exact) mass is 474 g/mol. The maximum atomic E-state index is 13.5. The van der Waals surface area contributed by atoms with Gasteiger partial charge in [0.05, 0.1) is 11.9 Å². The molecule has 1 aromatic rings. The summed E-state index contributed by atoms with van der Waals surface area (Å²) in [6, 6.07) is 8.24. The summed E-state index contributed by atoms with van der Waals surface area (Å²) in [7, 11) is 0. The van der Waals surface area contributed by atoms with Crippen molar-refractivity contribution in [2.45, 2.75) is 77.2 Å². The van der Waals surface area contributed by atoms with Crippen molar-refractivity contribution in [3.05, 3.63) is 35.4 Å². The lowest BCUT2D eigenvalue weighted by Crippen LogP contribution is -2.53. The molecule has 0 saturated carbocycles. The summed E-state index contributed by atoms with van der Waals surface area (Å²) in [4.78, 5) is 30.5. The van der Waals surface area contributed by atoms with Crippen molar-refractivity contribution in [2.24, 2.45) is 5.92 Å². The van der Waals surface area contributed by atoms with Crippen molar-refractivity contribution in [2.75, 3.05) is 31.4 Å². The zero-order chi connectivity index (χ0) is 23.2. The molecule has 33 heavy (non-hydrogen) atoms. The third kappa shape index (κ3) is 5.75. The molecule has 0 N–H and O–H groups in total. The number of aryl methyl sites for hydroxylation is 1. The lowest BCUT2D eigenvalue weighted by molar-refractivity contribution is -0.175. The largest absolute Gasteiger partial charge is 0.351 e. The topological polar surface area (TPSA) is 59.1 Å². The molecule has 2 heterocycles. The van der Waals surface area contributed by atoms with Crippen LogP contribution in [-0.4, -0.2) is 71.4 Å². The highest BCUT2D eigenvalue weighted by atomic mass is 32.2. The molecule has 0 unspecified atom stereocenters. The molecule has 2 amide bonds. The van der Waals surface area contributed by atoms with E-state index >= 15 is 0 Å². The molecular formula is C26H38N2O4S. The molecule has 0 radical (unpaired) electrons. The second kappa shape index (κ2) is 11.7. The number of thioether (sulfide) groups is 1. The fourth-order valence-electron chi connectivity index (χ4n) is 5.51. The Morgan fingerprint density at radius 2 is 1.85 bits per heavy atom. The molecule has 182 valence electrons. The molecular weight excluding hydrogens is 436 g/mol. The van der Waals surface area contributed by atoms with Gasteiger partial charge in [0.1, 0.15) is 6.04 Å². The fraction of sp³-hybridized carbons (Fsp3) is 0.692. The van der Waals surface area contributed by atoms with Crippen LogP contribution >= 0.6 is 11.8 Å². The minimum Gasteiger partial charge on any atom is -0.351 e. The Hall–Kier alpha value is -1.57. The van der Waals surface area contributed by atoms with Gasteiger partial charge in [-0.15, -0.1) is 11.8 Å². The predicted octanol–water partition coefficient (Wildman–Crippen LogP) is 3.86. The molecule has 7 heteroatoms. The highest BCUT2D eigenvalue weighted by Gasteiger charge is 2.43. The van der Waals surface area contributed by atoms with Crippen molar-refractivity contribution in [1.29, 1.82) is 0 Å². The third-order valence-corrected chi connectivity index (χ3v) is 8.29. The number of fused-ring (bicyclic) bond motifs is 1. The zero-order valence-electron chi connectivity index (χ0n) is 20.0. The lowest BCUT2D eigenvalue weighted by atomic mass is 9.81. The summed E-state index contributed by atoms with van der Waals surface area (Å²) in [5, 5.41) is 0. The predicted molar refractivity (Wildman–Crippen MR) is 131 cm³/mol. The summed E-state index contributed by atoms with van der Waals surface area (Å²) in [5.41, 5.74) is 2.90. The highest BCUT2D eigenvalue weighted by Crippen LogP contribution is 2.31. The first-order chi connectivity index (χ1) is 16.1. The average molecular weight is 475 g/mol. The molecule has 2 fully saturated rings.